The van der Waals surface area contributed by atoms with Gasteiger partial charge in [-0.15, -0.1) is 0 Å². The number of hydrogen-bond acceptors (Lipinski definition) is 7. The van der Waals surface area contributed by atoms with Gasteiger partial charge in [0.2, 0.25) is 5.95 Å². The lowest BCUT2D eigenvalue weighted by atomic mass is 10.1. The van der Waals surface area contributed by atoms with Gasteiger partial charge in [-0.2, -0.15) is 4.98 Å². The molecule has 0 aliphatic carbocycles. The maximum atomic E-state index is 5.13. The van der Waals surface area contributed by atoms with Gasteiger partial charge in [0.25, 0.3) is 0 Å². The summed E-state index contributed by atoms with van der Waals surface area (Å²) < 4.78 is 5.13. The van der Waals surface area contributed by atoms with Crippen LogP contribution >= 0.6 is 0 Å². The lowest BCUT2D eigenvalue weighted by Gasteiger charge is -2.19. The van der Waals surface area contributed by atoms with E-state index < -0.39 is 0 Å². The fourth-order valence-electron chi connectivity index (χ4n) is 2.94. The molecule has 0 aliphatic heterocycles. The number of nitrogens with zero attached hydrogens (tertiary/aromatic N) is 5. The number of anilines is 3. The zero-order valence-electron chi connectivity index (χ0n) is 16.4. The van der Waals surface area contributed by atoms with E-state index in [1.165, 1.54) is 5.56 Å². The summed E-state index contributed by atoms with van der Waals surface area (Å²) in [5.74, 6) is 2.61. The van der Waals surface area contributed by atoms with E-state index >= 15 is 0 Å². The van der Waals surface area contributed by atoms with E-state index in [2.05, 4.69) is 30.3 Å². The predicted octanol–water partition coefficient (Wildman–Crippen LogP) is 4.26. The normalized spacial score (nSPS) is 10.7. The van der Waals surface area contributed by atoms with E-state index in [0.29, 0.717) is 11.8 Å². The Morgan fingerprint density at radius 1 is 1.00 bits per heavy atom. The summed E-state index contributed by atoms with van der Waals surface area (Å²) in [6.45, 7) is 2.66. The van der Waals surface area contributed by atoms with Crippen LogP contribution in [0.3, 0.4) is 0 Å². The van der Waals surface area contributed by atoms with Crippen molar-refractivity contribution in [3.63, 3.8) is 0 Å². The van der Waals surface area contributed by atoms with Crippen molar-refractivity contribution in [1.29, 1.82) is 0 Å². The molecule has 0 fully saturated rings. The van der Waals surface area contributed by atoms with E-state index in [-0.39, 0.29) is 0 Å². The predicted molar refractivity (Wildman–Crippen MR) is 113 cm³/mol. The first-order valence-electron chi connectivity index (χ1n) is 9.42. The first-order chi connectivity index (χ1) is 14.2. The molecule has 1 N–H and O–H groups in total. The zero-order chi connectivity index (χ0) is 20.1. The highest BCUT2D eigenvalue weighted by atomic mass is 16.5. The second-order valence-electron chi connectivity index (χ2n) is 6.78. The van der Waals surface area contributed by atoms with E-state index in [9.17, 15) is 0 Å². The van der Waals surface area contributed by atoms with Crippen molar-refractivity contribution in [1.82, 2.24) is 20.1 Å². The first kappa shape index (κ1) is 18.6. The van der Waals surface area contributed by atoms with Crippen molar-refractivity contribution >= 4 is 17.6 Å². The second kappa shape index (κ2) is 8.52. The Morgan fingerprint density at radius 2 is 1.79 bits per heavy atom. The molecule has 146 valence electrons. The van der Waals surface area contributed by atoms with Crippen molar-refractivity contribution in [3.05, 3.63) is 78.3 Å². The van der Waals surface area contributed by atoms with Crippen LogP contribution in [-0.2, 0) is 6.42 Å². The zero-order valence-corrected chi connectivity index (χ0v) is 16.4. The molecule has 0 radical (unpaired) electrons. The van der Waals surface area contributed by atoms with Crippen molar-refractivity contribution in [2.45, 2.75) is 13.3 Å². The number of pyridine rings is 1. The van der Waals surface area contributed by atoms with Crippen LogP contribution in [0.2, 0.25) is 0 Å². The van der Waals surface area contributed by atoms with Crippen molar-refractivity contribution in [2.24, 2.45) is 0 Å². The molecule has 7 heteroatoms. The molecule has 7 nitrogen and oxygen atoms in total. The highest BCUT2D eigenvalue weighted by Crippen LogP contribution is 2.24. The number of likely N-dealkylation sites (N-methyl/N-ethyl adjacent to an activating group) is 1. The van der Waals surface area contributed by atoms with Gasteiger partial charge in [0.1, 0.15) is 11.6 Å². The van der Waals surface area contributed by atoms with Gasteiger partial charge in [-0.3, -0.25) is 4.98 Å². The van der Waals surface area contributed by atoms with Crippen molar-refractivity contribution in [3.8, 4) is 11.3 Å². The molecule has 3 aromatic heterocycles. The minimum absolute atomic E-state index is 0.477. The van der Waals surface area contributed by atoms with Crippen LogP contribution < -0.4 is 10.2 Å². The Hall–Kier alpha value is -3.74. The van der Waals surface area contributed by atoms with Gasteiger partial charge in [-0.25, -0.2) is 4.98 Å². The summed E-state index contributed by atoms with van der Waals surface area (Å²) in [7, 11) is 2.03. The summed E-state index contributed by atoms with van der Waals surface area (Å²) in [6.07, 6.45) is 4.53. The summed E-state index contributed by atoms with van der Waals surface area (Å²) in [6, 6.07) is 17.9. The highest BCUT2D eigenvalue weighted by Gasteiger charge is 2.12. The van der Waals surface area contributed by atoms with Gasteiger partial charge in [-0.05, 0) is 31.0 Å². The quantitative estimate of drug-likeness (QED) is 0.508. The molecule has 0 unspecified atom stereocenters. The SMILES string of the molecule is Cc1cc(Nc2nc(-c3ccccc3)cc(N(C)CCc3ccncc3)n2)no1. The third kappa shape index (κ3) is 4.76. The van der Waals surface area contributed by atoms with Crippen molar-refractivity contribution < 1.29 is 4.52 Å². The lowest BCUT2D eigenvalue weighted by Crippen LogP contribution is -2.22. The van der Waals surface area contributed by atoms with Gasteiger partial charge in [0.15, 0.2) is 5.82 Å². The fraction of sp³-hybridized carbons (Fsp3) is 0.182. The van der Waals surface area contributed by atoms with Gasteiger partial charge in [0, 0.05) is 43.7 Å². The molecule has 0 saturated heterocycles. The summed E-state index contributed by atoms with van der Waals surface area (Å²) in [5, 5.41) is 7.12. The lowest BCUT2D eigenvalue weighted by molar-refractivity contribution is 0.400. The third-order valence-corrected chi connectivity index (χ3v) is 4.53. The molecule has 29 heavy (non-hydrogen) atoms. The number of hydrogen-bond donors (Lipinski definition) is 1. The van der Waals surface area contributed by atoms with E-state index in [1.54, 1.807) is 0 Å². The highest BCUT2D eigenvalue weighted by molar-refractivity contribution is 5.65. The average molecular weight is 386 g/mol. The van der Waals surface area contributed by atoms with Crippen LogP contribution in [0.4, 0.5) is 17.6 Å². The number of nitrogens with one attached hydrogen (secondary N) is 1. The minimum atomic E-state index is 0.477. The topological polar surface area (TPSA) is 80.0 Å². The third-order valence-electron chi connectivity index (χ3n) is 4.53. The molecule has 0 aliphatic rings. The molecule has 0 spiro atoms. The van der Waals surface area contributed by atoms with Gasteiger partial charge < -0.3 is 14.7 Å². The standard InChI is InChI=1S/C22H22N6O/c1-16-14-20(27-29-16)25-22-24-19(18-6-4-3-5-7-18)15-21(26-22)28(2)13-10-17-8-11-23-12-9-17/h3-9,11-12,14-15H,10,13H2,1-2H3,(H,24,25,26,27). The fourth-order valence-corrected chi connectivity index (χ4v) is 2.94. The number of benzene rings is 1. The Morgan fingerprint density at radius 3 is 2.52 bits per heavy atom. The molecular weight excluding hydrogens is 364 g/mol. The smallest absolute Gasteiger partial charge is 0.231 e. The monoisotopic (exact) mass is 386 g/mol. The van der Waals surface area contributed by atoms with Crippen LogP contribution in [0.25, 0.3) is 11.3 Å². The van der Waals surface area contributed by atoms with Crippen LogP contribution in [0.1, 0.15) is 11.3 Å². The molecule has 1 aromatic carbocycles. The van der Waals surface area contributed by atoms with Gasteiger partial charge in [-0.1, -0.05) is 35.5 Å². The Labute approximate surface area is 169 Å². The molecule has 4 aromatic rings. The Kier molecular flexibility index (Phi) is 5.47. The molecular formula is C22H22N6O. The van der Waals surface area contributed by atoms with Crippen molar-refractivity contribution in [2.75, 3.05) is 23.8 Å². The van der Waals surface area contributed by atoms with Gasteiger partial charge in [0.05, 0.1) is 5.69 Å². The minimum Gasteiger partial charge on any atom is -0.360 e. The van der Waals surface area contributed by atoms with Crippen LogP contribution in [0.15, 0.2) is 71.5 Å². The van der Waals surface area contributed by atoms with Crippen LogP contribution in [0, 0.1) is 6.92 Å². The summed E-state index contributed by atoms with van der Waals surface area (Å²) in [5.41, 5.74) is 3.10. The maximum absolute atomic E-state index is 5.13. The van der Waals surface area contributed by atoms with E-state index in [4.69, 9.17) is 4.52 Å². The van der Waals surface area contributed by atoms with Crippen LogP contribution in [-0.4, -0.2) is 33.7 Å². The molecule has 0 bridgehead atoms. The largest absolute Gasteiger partial charge is 0.360 e. The molecule has 4 rings (SSSR count). The Bertz CT molecular complexity index is 1070. The average Bonchev–Trinajstić information content (AvgIpc) is 3.17. The maximum Gasteiger partial charge on any atom is 0.231 e. The number of aryl methyl sites for hydroxylation is 1. The van der Waals surface area contributed by atoms with E-state index in [0.717, 1.165) is 35.8 Å². The van der Waals surface area contributed by atoms with Crippen LogP contribution in [0.5, 0.6) is 0 Å². The van der Waals surface area contributed by atoms with E-state index in [1.807, 2.05) is 81.0 Å². The molecule has 0 saturated carbocycles. The molecule has 0 atom stereocenters. The number of rotatable bonds is 7. The molecule has 3 heterocycles. The van der Waals surface area contributed by atoms with Gasteiger partial charge >= 0.3 is 0 Å². The first-order valence-corrected chi connectivity index (χ1v) is 9.42. The number of aromatic nitrogens is 4. The second-order valence-corrected chi connectivity index (χ2v) is 6.78. The Balaban J connectivity index is 1.61. The summed E-state index contributed by atoms with van der Waals surface area (Å²) in [4.78, 5) is 15.5. The molecule has 0 amide bonds. The summed E-state index contributed by atoms with van der Waals surface area (Å²) >= 11 is 0.